The van der Waals surface area contributed by atoms with Gasteiger partial charge in [-0.1, -0.05) is 12.1 Å². The maximum Gasteiger partial charge on any atom is 0.243 e. The first kappa shape index (κ1) is 21.9. The maximum atomic E-state index is 12.3. The van der Waals surface area contributed by atoms with Crippen LogP contribution in [0.2, 0.25) is 0 Å². The van der Waals surface area contributed by atoms with Crippen LogP contribution in [0.4, 0.5) is 5.69 Å². The highest BCUT2D eigenvalue weighted by Gasteiger charge is 2.23. The number of nitrogens with zero attached hydrogens (tertiary/aromatic N) is 4. The Morgan fingerprint density at radius 2 is 1.59 bits per heavy atom. The van der Waals surface area contributed by atoms with E-state index in [-0.39, 0.29) is 5.91 Å². The van der Waals surface area contributed by atoms with Crippen LogP contribution in [0.3, 0.4) is 0 Å². The number of likely N-dealkylation sites (N-methyl/N-ethyl adjacent to an activating group) is 1. The molecule has 0 N–H and O–H groups in total. The van der Waals surface area contributed by atoms with Crippen molar-refractivity contribution in [3.05, 3.63) is 58.8 Å². The largest absolute Gasteiger partial charge is 0.493 e. The number of amides is 1. The minimum atomic E-state index is -0.142. The highest BCUT2D eigenvalue weighted by molar-refractivity contribution is 6.16. The number of carbonyl (C=O) groups excluding carboxylic acids is 1. The molecule has 0 spiro atoms. The van der Waals surface area contributed by atoms with E-state index in [4.69, 9.17) is 14.6 Å². The molecule has 0 atom stereocenters. The van der Waals surface area contributed by atoms with Crippen LogP contribution in [-0.2, 0) is 4.79 Å². The van der Waals surface area contributed by atoms with E-state index in [0.29, 0.717) is 17.2 Å². The van der Waals surface area contributed by atoms with Gasteiger partial charge in [0.15, 0.2) is 11.5 Å². The number of hydrazone groups is 1. The molecule has 0 saturated carbocycles. The van der Waals surface area contributed by atoms with E-state index < -0.39 is 0 Å². The van der Waals surface area contributed by atoms with Crippen molar-refractivity contribution in [2.45, 2.75) is 13.8 Å². The van der Waals surface area contributed by atoms with Gasteiger partial charge in [-0.05, 0) is 49.9 Å². The summed E-state index contributed by atoms with van der Waals surface area (Å²) in [7, 11) is 5.39. The second-order valence-corrected chi connectivity index (χ2v) is 8.20. The van der Waals surface area contributed by atoms with Gasteiger partial charge in [0, 0.05) is 55.6 Å². The molecule has 168 valence electrons. The van der Waals surface area contributed by atoms with Gasteiger partial charge < -0.3 is 19.3 Å². The van der Waals surface area contributed by atoms with E-state index in [1.54, 1.807) is 14.2 Å². The molecule has 0 aromatic heterocycles. The van der Waals surface area contributed by atoms with Gasteiger partial charge in [0.25, 0.3) is 0 Å². The van der Waals surface area contributed by atoms with Crippen LogP contribution in [0.1, 0.15) is 30.5 Å². The molecule has 7 nitrogen and oxygen atoms in total. The number of anilines is 1. The first-order chi connectivity index (χ1) is 15.4. The summed E-state index contributed by atoms with van der Waals surface area (Å²) in [6.45, 7) is 7.54. The lowest BCUT2D eigenvalue weighted by Crippen LogP contribution is -2.44. The van der Waals surface area contributed by atoms with Crippen LogP contribution in [0, 0.1) is 0 Å². The molecule has 2 aromatic rings. The summed E-state index contributed by atoms with van der Waals surface area (Å²) in [6, 6.07) is 12.3. The average Bonchev–Trinajstić information content (AvgIpc) is 2.94. The van der Waals surface area contributed by atoms with Gasteiger partial charge in [0.1, 0.15) is 0 Å². The summed E-state index contributed by atoms with van der Waals surface area (Å²) in [5.41, 5.74) is 5.40. The van der Waals surface area contributed by atoms with E-state index >= 15 is 0 Å². The highest BCUT2D eigenvalue weighted by Crippen LogP contribution is 2.35. The number of methoxy groups -OCH3 is 2. The molecule has 2 aliphatic heterocycles. The fraction of sp³-hybridized carbons (Fsp3) is 0.360. The Hall–Kier alpha value is -3.32. The lowest BCUT2D eigenvalue weighted by atomic mass is 9.96. The molecular formula is C25H30N4O3. The number of carbonyl (C=O) groups is 1. The molecule has 32 heavy (non-hydrogen) atoms. The van der Waals surface area contributed by atoms with Crippen molar-refractivity contribution < 1.29 is 14.3 Å². The van der Waals surface area contributed by atoms with Gasteiger partial charge in [0.2, 0.25) is 5.91 Å². The van der Waals surface area contributed by atoms with E-state index in [0.717, 1.165) is 48.6 Å². The number of ether oxygens (including phenoxy) is 2. The number of allylic oxidation sites excluding steroid dienone is 1. The predicted octanol–water partition coefficient (Wildman–Crippen LogP) is 3.43. The van der Waals surface area contributed by atoms with E-state index in [9.17, 15) is 4.79 Å². The Balaban J connectivity index is 1.78. The zero-order chi connectivity index (χ0) is 22.8. The Labute approximate surface area is 189 Å². The molecule has 0 unspecified atom stereocenters. The molecule has 7 heteroatoms. The molecule has 2 heterocycles. The summed E-state index contributed by atoms with van der Waals surface area (Å²) in [5.74, 6) is 1.11. The zero-order valence-electron chi connectivity index (χ0n) is 19.4. The zero-order valence-corrected chi connectivity index (χ0v) is 19.4. The van der Waals surface area contributed by atoms with E-state index in [2.05, 4.69) is 41.1 Å². The van der Waals surface area contributed by atoms with Gasteiger partial charge >= 0.3 is 0 Å². The quantitative estimate of drug-likeness (QED) is 0.738. The van der Waals surface area contributed by atoms with Gasteiger partial charge in [0.05, 0.1) is 19.9 Å². The Bertz CT molecular complexity index is 1070. The maximum absolute atomic E-state index is 12.3. The van der Waals surface area contributed by atoms with Crippen LogP contribution < -0.4 is 14.4 Å². The summed E-state index contributed by atoms with van der Waals surface area (Å²) in [5, 5.41) is 6.21. The number of benzene rings is 2. The first-order valence-corrected chi connectivity index (χ1v) is 10.8. The number of piperazine rings is 1. The van der Waals surface area contributed by atoms with Crippen LogP contribution in [-0.4, -0.2) is 69.0 Å². The fourth-order valence-corrected chi connectivity index (χ4v) is 4.16. The summed E-state index contributed by atoms with van der Waals surface area (Å²) in [4.78, 5) is 17.1. The van der Waals surface area contributed by atoms with Gasteiger partial charge in [-0.25, -0.2) is 5.01 Å². The van der Waals surface area contributed by atoms with Crippen molar-refractivity contribution in [1.29, 1.82) is 0 Å². The van der Waals surface area contributed by atoms with E-state index in [1.165, 1.54) is 17.6 Å². The minimum Gasteiger partial charge on any atom is -0.493 e. The standard InChI is InChI=1S/C25H30N4O3/c1-17-14-20-15-23(31-4)24(32-5)16-22(20)25(26-29(17)18(2)30)19-6-8-21(9-7-19)28-12-10-27(3)11-13-28/h6-9,14-16H,10-13H2,1-5H3. The molecule has 1 fully saturated rings. The van der Waals surface area contributed by atoms with Crippen molar-refractivity contribution in [3.63, 3.8) is 0 Å². The van der Waals surface area contributed by atoms with Gasteiger partial charge in [-0.2, -0.15) is 5.10 Å². The lowest BCUT2D eigenvalue weighted by molar-refractivity contribution is -0.126. The van der Waals surface area contributed by atoms with Crippen LogP contribution in [0.15, 0.2) is 47.2 Å². The monoisotopic (exact) mass is 434 g/mol. The van der Waals surface area contributed by atoms with Crippen molar-refractivity contribution in [2.75, 3.05) is 52.3 Å². The normalized spacial score (nSPS) is 16.7. The number of hydrogen-bond acceptors (Lipinski definition) is 6. The van der Waals surface area contributed by atoms with Crippen molar-refractivity contribution in [2.24, 2.45) is 5.10 Å². The second kappa shape index (κ2) is 9.04. The molecule has 0 radical (unpaired) electrons. The SMILES string of the molecule is COc1cc2c(cc1OC)C(c1ccc(N3CCN(C)CC3)cc1)=NN(C(C)=O)C(C)=C2. The Morgan fingerprint density at radius 3 is 2.19 bits per heavy atom. The highest BCUT2D eigenvalue weighted by atomic mass is 16.5. The first-order valence-electron chi connectivity index (χ1n) is 10.8. The average molecular weight is 435 g/mol. The second-order valence-electron chi connectivity index (χ2n) is 8.20. The molecule has 0 aliphatic carbocycles. The van der Waals surface area contributed by atoms with E-state index in [1.807, 2.05) is 25.1 Å². The third-order valence-electron chi connectivity index (χ3n) is 6.02. The molecule has 2 aliphatic rings. The predicted molar refractivity (Wildman–Crippen MR) is 128 cm³/mol. The molecule has 1 amide bonds. The van der Waals surface area contributed by atoms with Crippen LogP contribution in [0.5, 0.6) is 11.5 Å². The molecule has 0 bridgehead atoms. The lowest BCUT2D eigenvalue weighted by Gasteiger charge is -2.34. The van der Waals surface area contributed by atoms with Crippen LogP contribution in [0.25, 0.3) is 6.08 Å². The van der Waals surface area contributed by atoms with Crippen molar-refractivity contribution in [1.82, 2.24) is 9.91 Å². The van der Waals surface area contributed by atoms with Crippen LogP contribution >= 0.6 is 0 Å². The van der Waals surface area contributed by atoms with Gasteiger partial charge in [-0.3, -0.25) is 4.79 Å². The topological polar surface area (TPSA) is 57.6 Å². The smallest absolute Gasteiger partial charge is 0.243 e. The van der Waals surface area contributed by atoms with Crippen molar-refractivity contribution in [3.8, 4) is 11.5 Å². The summed E-state index contributed by atoms with van der Waals surface area (Å²) < 4.78 is 11.0. The molecule has 2 aromatic carbocycles. The minimum absolute atomic E-state index is 0.142. The summed E-state index contributed by atoms with van der Waals surface area (Å²) in [6.07, 6.45) is 1.95. The number of fused-ring (bicyclic) bond motifs is 1. The number of rotatable bonds is 4. The fourth-order valence-electron chi connectivity index (χ4n) is 4.16. The molecule has 4 rings (SSSR count). The Kier molecular flexibility index (Phi) is 6.19. The third-order valence-corrected chi connectivity index (χ3v) is 6.02. The summed E-state index contributed by atoms with van der Waals surface area (Å²) >= 11 is 0. The van der Waals surface area contributed by atoms with Crippen molar-refractivity contribution >= 4 is 23.4 Å². The molecular weight excluding hydrogens is 404 g/mol. The third kappa shape index (κ3) is 4.21. The Morgan fingerprint density at radius 1 is 0.969 bits per heavy atom. The van der Waals surface area contributed by atoms with Gasteiger partial charge in [-0.15, -0.1) is 0 Å². The molecule has 1 saturated heterocycles. The number of hydrogen-bond donors (Lipinski definition) is 0.